The summed E-state index contributed by atoms with van der Waals surface area (Å²) in [5.41, 5.74) is 0. The van der Waals surface area contributed by atoms with Gasteiger partial charge in [0.05, 0.1) is 6.61 Å². The number of nitrogens with zero attached hydrogens (tertiary/aromatic N) is 1. The molecule has 63 valence electrons. The molecule has 1 aliphatic heterocycles. The van der Waals surface area contributed by atoms with Crippen molar-refractivity contribution in [1.82, 2.24) is 4.81 Å². The van der Waals surface area contributed by atoms with Gasteiger partial charge in [0.2, 0.25) is 13.9 Å². The summed E-state index contributed by atoms with van der Waals surface area (Å²) >= 11 is 0. The second kappa shape index (κ2) is 6.11. The van der Waals surface area contributed by atoms with E-state index in [9.17, 15) is 4.79 Å². The molecule has 1 atom stereocenters. The molecule has 1 rings (SSSR count). The molecule has 1 heterocycles. The Balaban J connectivity index is 0.00000121. The maximum Gasteiger partial charge on any atom is 0.230 e. The molecule has 0 saturated carbocycles. The van der Waals surface area contributed by atoms with E-state index in [1.165, 1.54) is 4.81 Å². The summed E-state index contributed by atoms with van der Waals surface area (Å²) < 4.78 is 5.05. The Bertz CT molecular complexity index is 156. The van der Waals surface area contributed by atoms with Crippen LogP contribution in [0.15, 0.2) is 0 Å². The molecule has 12 heavy (non-hydrogen) atoms. The van der Waals surface area contributed by atoms with E-state index in [1.54, 1.807) is 0 Å². The van der Waals surface area contributed by atoms with Gasteiger partial charge in [-0.1, -0.05) is 6.61 Å². The Labute approximate surface area is 99.5 Å². The van der Waals surface area contributed by atoms with E-state index < -0.39 is 0 Å². The molecule has 0 N–H and O–H groups in total. The molecule has 1 amide bonds. The van der Waals surface area contributed by atoms with Crippen LogP contribution in [0.25, 0.3) is 0 Å². The van der Waals surface area contributed by atoms with Crippen LogP contribution in [0.4, 0.5) is 0 Å². The maximum absolute atomic E-state index is 10.9. The van der Waals surface area contributed by atoms with Crippen molar-refractivity contribution < 1.29 is 42.2 Å². The van der Waals surface area contributed by atoms with Gasteiger partial charge in [-0.3, -0.25) is 4.79 Å². The molecule has 0 bridgehead atoms. The fraction of sp³-hybridized carbons (Fsp3) is 0.714. The van der Waals surface area contributed by atoms with Gasteiger partial charge in [-0.2, -0.15) is 0 Å². The van der Waals surface area contributed by atoms with Gasteiger partial charge in [-0.25, -0.2) is 0 Å². The second-order valence-electron chi connectivity index (χ2n) is 2.57. The van der Waals surface area contributed by atoms with Crippen molar-refractivity contribution in [3.05, 3.63) is 6.92 Å². The molecule has 0 aromatic carbocycles. The van der Waals surface area contributed by atoms with Crippen LogP contribution in [0.5, 0.6) is 0 Å². The maximum atomic E-state index is 10.9. The molecule has 0 spiro atoms. The zero-order valence-electron chi connectivity index (χ0n) is 7.03. The first-order valence-electron chi connectivity index (χ1n) is 3.69. The Kier molecular flexibility index (Phi) is 6.42. The molecule has 3 radical (unpaired) electrons. The fourth-order valence-electron chi connectivity index (χ4n) is 1.14. The molecule has 0 aromatic rings. The molecule has 3 nitrogen and oxygen atoms in total. The molecule has 1 fully saturated rings. The molecule has 0 aliphatic carbocycles. The standard InChI is InChI=1S/C7H11BNO2.Y/c1-2-11-5-6-3-4-7(10)9(6)8;/h6H,1-5H2;/q-1;/t6-;/m1./s1. The number of ether oxygens (including phenoxy) is 1. The van der Waals surface area contributed by atoms with Crippen molar-refractivity contribution in [2.75, 3.05) is 13.2 Å². The topological polar surface area (TPSA) is 29.5 Å². The Hall–Kier alpha value is 0.599. The van der Waals surface area contributed by atoms with Crippen LogP contribution >= 0.6 is 0 Å². The van der Waals surface area contributed by atoms with E-state index >= 15 is 0 Å². The van der Waals surface area contributed by atoms with Crippen LogP contribution in [0, 0.1) is 6.92 Å². The molecule has 1 saturated heterocycles. The minimum absolute atomic E-state index is 0. The summed E-state index contributed by atoms with van der Waals surface area (Å²) in [5.74, 6) is 0.00247. The van der Waals surface area contributed by atoms with Crippen molar-refractivity contribution >= 4 is 13.9 Å². The monoisotopic (exact) mass is 241 g/mol. The smallest absolute Gasteiger partial charge is 0.230 e. The quantitative estimate of drug-likeness (QED) is 0.510. The number of carbonyl (C=O) groups excluding carboxylic acids is 1. The van der Waals surface area contributed by atoms with Gasteiger partial charge in [0, 0.05) is 45.2 Å². The molecule has 0 aromatic heterocycles. The van der Waals surface area contributed by atoms with E-state index in [0.717, 1.165) is 6.42 Å². The molecular formula is C7H11BNO2Y-. The molecule has 1 aliphatic rings. The van der Waals surface area contributed by atoms with Crippen molar-refractivity contribution in [2.24, 2.45) is 0 Å². The van der Waals surface area contributed by atoms with Crippen molar-refractivity contribution in [3.8, 4) is 0 Å². The average molecular weight is 241 g/mol. The van der Waals surface area contributed by atoms with Crippen molar-refractivity contribution in [3.63, 3.8) is 0 Å². The van der Waals surface area contributed by atoms with Crippen LogP contribution in [0.1, 0.15) is 12.8 Å². The summed E-state index contributed by atoms with van der Waals surface area (Å²) in [6.45, 7) is 4.46. The van der Waals surface area contributed by atoms with Gasteiger partial charge in [0.25, 0.3) is 0 Å². The number of hydrogen-bond acceptors (Lipinski definition) is 2. The first-order chi connectivity index (χ1) is 5.25. The third-order valence-electron chi connectivity index (χ3n) is 1.83. The number of rotatable bonds is 3. The van der Waals surface area contributed by atoms with Gasteiger partial charge in [0.1, 0.15) is 0 Å². The normalized spacial score (nSPS) is 22.6. The van der Waals surface area contributed by atoms with Crippen LogP contribution in [-0.2, 0) is 42.2 Å². The summed E-state index contributed by atoms with van der Waals surface area (Å²) in [6.07, 6.45) is 1.34. The molecule has 5 heteroatoms. The van der Waals surface area contributed by atoms with E-state index in [2.05, 4.69) is 6.92 Å². The SMILES string of the molecule is [B]N1C(=O)CC[C@@H]1COC[CH2-].[Y]. The van der Waals surface area contributed by atoms with Gasteiger partial charge in [-0.15, -0.1) is 0 Å². The van der Waals surface area contributed by atoms with E-state index in [1.807, 2.05) is 0 Å². The summed E-state index contributed by atoms with van der Waals surface area (Å²) in [5, 5.41) is 0. The van der Waals surface area contributed by atoms with Gasteiger partial charge in [0.15, 0.2) is 0 Å². The van der Waals surface area contributed by atoms with Gasteiger partial charge >= 0.3 is 0 Å². The third-order valence-corrected chi connectivity index (χ3v) is 1.83. The summed E-state index contributed by atoms with van der Waals surface area (Å²) in [4.78, 5) is 12.1. The minimum atomic E-state index is 0. The summed E-state index contributed by atoms with van der Waals surface area (Å²) in [7, 11) is 5.45. The number of hydrogen-bond donors (Lipinski definition) is 0. The van der Waals surface area contributed by atoms with Crippen molar-refractivity contribution in [1.29, 1.82) is 0 Å². The average Bonchev–Trinajstić information content (AvgIpc) is 2.31. The second-order valence-corrected chi connectivity index (χ2v) is 2.57. The number of amides is 1. The van der Waals surface area contributed by atoms with Gasteiger partial charge in [-0.05, 0) is 6.42 Å². The molecule has 0 unspecified atom stereocenters. The third kappa shape index (κ3) is 3.15. The van der Waals surface area contributed by atoms with E-state index in [4.69, 9.17) is 12.7 Å². The predicted molar refractivity (Wildman–Crippen MR) is 41.8 cm³/mol. The first kappa shape index (κ1) is 12.6. The van der Waals surface area contributed by atoms with E-state index in [0.29, 0.717) is 19.6 Å². The van der Waals surface area contributed by atoms with Gasteiger partial charge < -0.3 is 16.5 Å². The largest absolute Gasteiger partial charge is 0.411 e. The van der Waals surface area contributed by atoms with E-state index in [-0.39, 0.29) is 44.7 Å². The Morgan fingerprint density at radius 1 is 1.75 bits per heavy atom. The van der Waals surface area contributed by atoms with Crippen LogP contribution in [-0.4, -0.2) is 38.0 Å². The zero-order valence-corrected chi connectivity index (χ0v) is 9.87. The zero-order chi connectivity index (χ0) is 8.27. The van der Waals surface area contributed by atoms with Crippen LogP contribution in [0.3, 0.4) is 0 Å². The Morgan fingerprint density at radius 3 is 2.83 bits per heavy atom. The predicted octanol–water partition coefficient (Wildman–Crippen LogP) is -0.0909. The van der Waals surface area contributed by atoms with Crippen LogP contribution in [0.2, 0.25) is 0 Å². The number of carbonyl (C=O) groups is 1. The molecular weight excluding hydrogens is 230 g/mol. The minimum Gasteiger partial charge on any atom is -0.411 e. The first-order valence-corrected chi connectivity index (χ1v) is 3.69. The Morgan fingerprint density at radius 2 is 2.42 bits per heavy atom. The fourth-order valence-corrected chi connectivity index (χ4v) is 1.14. The summed E-state index contributed by atoms with van der Waals surface area (Å²) in [6, 6.07) is 0.0595. The van der Waals surface area contributed by atoms with Crippen LogP contribution < -0.4 is 0 Å². The van der Waals surface area contributed by atoms with Crippen molar-refractivity contribution in [2.45, 2.75) is 18.9 Å².